The topological polar surface area (TPSA) is 93.4 Å². The van der Waals surface area contributed by atoms with Gasteiger partial charge in [-0.05, 0) is 30.7 Å². The minimum Gasteiger partial charge on any atom is -0.494 e. The lowest BCUT2D eigenvalue weighted by Crippen LogP contribution is -2.33. The van der Waals surface area contributed by atoms with Crippen LogP contribution in [0.2, 0.25) is 0 Å². The van der Waals surface area contributed by atoms with E-state index < -0.39 is 10.2 Å². The van der Waals surface area contributed by atoms with E-state index in [1.807, 2.05) is 0 Å². The van der Waals surface area contributed by atoms with E-state index in [4.69, 9.17) is 10.5 Å². The maximum Gasteiger partial charge on any atom is 0.299 e. The van der Waals surface area contributed by atoms with Gasteiger partial charge >= 0.3 is 0 Å². The summed E-state index contributed by atoms with van der Waals surface area (Å²) in [4.78, 5) is 0. The lowest BCUT2D eigenvalue weighted by atomic mass is 10.3. The molecule has 0 saturated carbocycles. The van der Waals surface area contributed by atoms with Gasteiger partial charge in [0.2, 0.25) is 0 Å². The first-order valence-electron chi connectivity index (χ1n) is 6.27. The largest absolute Gasteiger partial charge is 0.494 e. The average molecular weight is 287 g/mol. The Morgan fingerprint density at radius 3 is 2.53 bits per heavy atom. The van der Waals surface area contributed by atoms with Crippen molar-refractivity contribution in [2.45, 2.75) is 19.8 Å². The first kappa shape index (κ1) is 15.7. The molecule has 0 saturated heterocycles. The predicted molar refractivity (Wildman–Crippen MR) is 76.4 cm³/mol. The van der Waals surface area contributed by atoms with Gasteiger partial charge in [-0.2, -0.15) is 13.1 Å². The number of unbranched alkanes of at least 4 members (excludes halogenated alkanes) is 1. The van der Waals surface area contributed by atoms with Crippen LogP contribution in [0.25, 0.3) is 0 Å². The second-order valence-corrected chi connectivity index (χ2v) is 5.51. The second-order valence-electron chi connectivity index (χ2n) is 4.01. The lowest BCUT2D eigenvalue weighted by molar-refractivity contribution is 0.309. The number of benzene rings is 1. The van der Waals surface area contributed by atoms with Gasteiger partial charge in [-0.25, -0.2) is 0 Å². The molecule has 0 fully saturated rings. The van der Waals surface area contributed by atoms with Crippen LogP contribution in [0, 0.1) is 0 Å². The van der Waals surface area contributed by atoms with Crippen molar-refractivity contribution >= 4 is 15.9 Å². The van der Waals surface area contributed by atoms with Crippen molar-refractivity contribution in [1.29, 1.82) is 0 Å². The minimum atomic E-state index is -3.55. The van der Waals surface area contributed by atoms with Gasteiger partial charge < -0.3 is 10.5 Å². The molecule has 0 aliphatic heterocycles. The molecule has 7 heteroatoms. The van der Waals surface area contributed by atoms with Crippen LogP contribution in [0.4, 0.5) is 5.69 Å². The van der Waals surface area contributed by atoms with Crippen LogP contribution in [-0.2, 0) is 10.2 Å². The van der Waals surface area contributed by atoms with Crippen LogP contribution < -0.4 is 19.9 Å². The molecule has 0 aliphatic rings. The molecule has 0 heterocycles. The van der Waals surface area contributed by atoms with Crippen molar-refractivity contribution in [1.82, 2.24) is 4.72 Å². The third kappa shape index (κ3) is 6.42. The van der Waals surface area contributed by atoms with Gasteiger partial charge in [0.05, 0.1) is 6.61 Å². The fraction of sp³-hybridized carbons (Fsp3) is 0.500. The zero-order valence-electron chi connectivity index (χ0n) is 11.1. The standard InChI is InChI=1S/C12H21N3O3S/c1-2-3-10-18-12-6-4-11(5-7-12)15-19(16,17)14-9-8-13/h4-7,14-15H,2-3,8-10,13H2,1H3. The van der Waals surface area contributed by atoms with Crippen molar-refractivity contribution in [2.75, 3.05) is 24.4 Å². The van der Waals surface area contributed by atoms with Crippen molar-refractivity contribution in [3.63, 3.8) is 0 Å². The van der Waals surface area contributed by atoms with E-state index in [1.165, 1.54) is 0 Å². The van der Waals surface area contributed by atoms with E-state index in [0.717, 1.165) is 18.6 Å². The summed E-state index contributed by atoms with van der Waals surface area (Å²) in [6.45, 7) is 3.22. The molecule has 0 bridgehead atoms. The fourth-order valence-electron chi connectivity index (χ4n) is 1.34. The number of ether oxygens (including phenoxy) is 1. The molecule has 1 rings (SSSR count). The van der Waals surface area contributed by atoms with E-state index >= 15 is 0 Å². The Kier molecular flexibility index (Phi) is 6.61. The summed E-state index contributed by atoms with van der Waals surface area (Å²) in [7, 11) is -3.55. The fourth-order valence-corrected chi connectivity index (χ4v) is 2.24. The number of hydrogen-bond donors (Lipinski definition) is 3. The van der Waals surface area contributed by atoms with Crippen LogP contribution in [0.5, 0.6) is 5.75 Å². The number of anilines is 1. The maximum absolute atomic E-state index is 11.5. The molecule has 108 valence electrons. The second kappa shape index (κ2) is 7.98. The molecule has 1 aromatic rings. The smallest absolute Gasteiger partial charge is 0.299 e. The summed E-state index contributed by atoms with van der Waals surface area (Å²) >= 11 is 0. The molecule has 0 unspecified atom stereocenters. The number of rotatable bonds is 9. The zero-order chi connectivity index (χ0) is 14.1. The van der Waals surface area contributed by atoms with Crippen LogP contribution in [0.1, 0.15) is 19.8 Å². The van der Waals surface area contributed by atoms with E-state index in [-0.39, 0.29) is 13.1 Å². The Labute approximate surface area is 114 Å². The monoisotopic (exact) mass is 287 g/mol. The van der Waals surface area contributed by atoms with Crippen molar-refractivity contribution < 1.29 is 13.2 Å². The van der Waals surface area contributed by atoms with Gasteiger partial charge in [0.1, 0.15) is 5.75 Å². The Bertz CT molecular complexity index is 460. The van der Waals surface area contributed by atoms with E-state index in [1.54, 1.807) is 24.3 Å². The number of nitrogens with one attached hydrogen (secondary N) is 2. The summed E-state index contributed by atoms with van der Waals surface area (Å²) in [6, 6.07) is 6.78. The summed E-state index contributed by atoms with van der Waals surface area (Å²) in [5.41, 5.74) is 5.71. The van der Waals surface area contributed by atoms with Crippen LogP contribution >= 0.6 is 0 Å². The predicted octanol–water partition coefficient (Wildman–Crippen LogP) is 1.07. The minimum absolute atomic E-state index is 0.202. The summed E-state index contributed by atoms with van der Waals surface area (Å²) in [5.74, 6) is 0.728. The summed E-state index contributed by atoms with van der Waals surface area (Å²) in [6.07, 6.45) is 2.07. The van der Waals surface area contributed by atoms with E-state index in [0.29, 0.717) is 12.3 Å². The van der Waals surface area contributed by atoms with Gasteiger partial charge in [-0.1, -0.05) is 13.3 Å². The molecule has 0 aliphatic carbocycles. The lowest BCUT2D eigenvalue weighted by Gasteiger charge is -2.10. The van der Waals surface area contributed by atoms with Crippen LogP contribution in [0.15, 0.2) is 24.3 Å². The highest BCUT2D eigenvalue weighted by Crippen LogP contribution is 2.16. The number of hydrogen-bond acceptors (Lipinski definition) is 4. The molecular weight excluding hydrogens is 266 g/mol. The van der Waals surface area contributed by atoms with E-state index in [2.05, 4.69) is 16.4 Å². The average Bonchev–Trinajstić information content (AvgIpc) is 2.38. The Morgan fingerprint density at radius 1 is 1.26 bits per heavy atom. The molecule has 19 heavy (non-hydrogen) atoms. The summed E-state index contributed by atoms with van der Waals surface area (Å²) in [5, 5.41) is 0. The van der Waals surface area contributed by atoms with Crippen LogP contribution in [-0.4, -0.2) is 28.1 Å². The van der Waals surface area contributed by atoms with E-state index in [9.17, 15) is 8.42 Å². The number of nitrogens with two attached hydrogens (primary N) is 1. The SMILES string of the molecule is CCCCOc1ccc(NS(=O)(=O)NCCN)cc1. The molecule has 0 radical (unpaired) electrons. The zero-order valence-corrected chi connectivity index (χ0v) is 11.9. The third-order valence-electron chi connectivity index (χ3n) is 2.31. The molecule has 1 aromatic carbocycles. The Balaban J connectivity index is 2.52. The Morgan fingerprint density at radius 2 is 1.95 bits per heavy atom. The molecule has 6 nitrogen and oxygen atoms in total. The molecular formula is C12H21N3O3S. The molecule has 0 spiro atoms. The molecule has 4 N–H and O–H groups in total. The quantitative estimate of drug-likeness (QED) is 0.592. The van der Waals surface area contributed by atoms with Crippen molar-refractivity contribution in [3.8, 4) is 5.75 Å². The van der Waals surface area contributed by atoms with Gasteiger partial charge in [0, 0.05) is 18.8 Å². The highest BCUT2D eigenvalue weighted by Gasteiger charge is 2.08. The van der Waals surface area contributed by atoms with Gasteiger partial charge in [0.25, 0.3) is 10.2 Å². The molecule has 0 aromatic heterocycles. The maximum atomic E-state index is 11.5. The van der Waals surface area contributed by atoms with Gasteiger partial charge in [-0.15, -0.1) is 0 Å². The Hall–Kier alpha value is -1.31. The van der Waals surface area contributed by atoms with Crippen molar-refractivity contribution in [2.24, 2.45) is 5.73 Å². The highest BCUT2D eigenvalue weighted by atomic mass is 32.2. The van der Waals surface area contributed by atoms with Crippen molar-refractivity contribution in [3.05, 3.63) is 24.3 Å². The van der Waals surface area contributed by atoms with Gasteiger partial charge in [-0.3, -0.25) is 4.72 Å². The molecule has 0 amide bonds. The molecule has 0 atom stereocenters. The van der Waals surface area contributed by atoms with Gasteiger partial charge in [0.15, 0.2) is 0 Å². The normalized spacial score (nSPS) is 11.3. The highest BCUT2D eigenvalue weighted by molar-refractivity contribution is 7.90. The summed E-state index contributed by atoms with van der Waals surface area (Å²) < 4.78 is 33.3. The first-order chi connectivity index (χ1) is 9.07. The van der Waals surface area contributed by atoms with Crippen LogP contribution in [0.3, 0.4) is 0 Å². The first-order valence-corrected chi connectivity index (χ1v) is 7.76. The third-order valence-corrected chi connectivity index (χ3v) is 3.40.